The maximum Gasteiger partial charge on any atom is 0.178 e. The van der Waals surface area contributed by atoms with Gasteiger partial charge >= 0.3 is 0 Å². The summed E-state index contributed by atoms with van der Waals surface area (Å²) in [5.41, 5.74) is 1.92. The molecule has 0 spiro atoms. The van der Waals surface area contributed by atoms with Gasteiger partial charge in [-0.1, -0.05) is 31.2 Å². The normalized spacial score (nSPS) is 10.9. The molecule has 0 unspecified atom stereocenters. The molecule has 3 rings (SSSR count). The Balaban J connectivity index is 1.89. The first-order chi connectivity index (χ1) is 10.4. The van der Waals surface area contributed by atoms with E-state index in [9.17, 15) is 0 Å². The molecule has 106 valence electrons. The van der Waals surface area contributed by atoms with E-state index < -0.39 is 0 Å². The Hall–Kier alpha value is -2.33. The average molecular weight is 278 g/mol. The summed E-state index contributed by atoms with van der Waals surface area (Å²) in [6.07, 6.45) is 6.67. The van der Waals surface area contributed by atoms with Crippen molar-refractivity contribution in [3.8, 4) is 11.5 Å². The van der Waals surface area contributed by atoms with Crippen LogP contribution in [-0.4, -0.2) is 21.5 Å². The molecule has 1 aromatic carbocycles. The first-order valence-corrected chi connectivity index (χ1v) is 7.24. The SMILES string of the molecule is CCCNCc1cnc(-c2nccc3ccccc23)nc1. The number of hydrogen-bond acceptors (Lipinski definition) is 4. The predicted octanol–water partition coefficient (Wildman–Crippen LogP) is 3.19. The molecule has 0 aliphatic carbocycles. The van der Waals surface area contributed by atoms with Gasteiger partial charge in [-0.25, -0.2) is 9.97 Å². The molecular weight excluding hydrogens is 260 g/mol. The predicted molar refractivity (Wildman–Crippen MR) is 84.8 cm³/mol. The molecule has 0 amide bonds. The number of rotatable bonds is 5. The van der Waals surface area contributed by atoms with Crippen LogP contribution in [0.1, 0.15) is 18.9 Å². The lowest BCUT2D eigenvalue weighted by molar-refractivity contribution is 0.672. The van der Waals surface area contributed by atoms with Gasteiger partial charge in [-0.05, 0) is 24.4 Å². The van der Waals surface area contributed by atoms with E-state index in [1.54, 1.807) is 6.20 Å². The van der Waals surface area contributed by atoms with E-state index in [4.69, 9.17) is 0 Å². The van der Waals surface area contributed by atoms with Crippen LogP contribution in [0.5, 0.6) is 0 Å². The van der Waals surface area contributed by atoms with Crippen molar-refractivity contribution >= 4 is 10.8 Å². The number of pyridine rings is 1. The smallest absolute Gasteiger partial charge is 0.178 e. The lowest BCUT2D eigenvalue weighted by Gasteiger charge is -2.06. The molecule has 2 heterocycles. The Morgan fingerprint density at radius 3 is 2.62 bits per heavy atom. The third kappa shape index (κ3) is 3.06. The number of fused-ring (bicyclic) bond motifs is 1. The van der Waals surface area contributed by atoms with Crippen LogP contribution in [0.25, 0.3) is 22.3 Å². The Morgan fingerprint density at radius 1 is 1.00 bits per heavy atom. The highest BCUT2D eigenvalue weighted by Crippen LogP contribution is 2.23. The maximum absolute atomic E-state index is 4.46. The molecule has 4 nitrogen and oxygen atoms in total. The third-order valence-corrected chi connectivity index (χ3v) is 3.35. The lowest BCUT2D eigenvalue weighted by Crippen LogP contribution is -2.14. The van der Waals surface area contributed by atoms with Gasteiger partial charge in [0.1, 0.15) is 5.69 Å². The van der Waals surface area contributed by atoms with Crippen molar-refractivity contribution in [2.45, 2.75) is 19.9 Å². The van der Waals surface area contributed by atoms with E-state index in [0.29, 0.717) is 5.82 Å². The summed E-state index contributed by atoms with van der Waals surface area (Å²) < 4.78 is 0. The summed E-state index contributed by atoms with van der Waals surface area (Å²) in [6.45, 7) is 3.96. The monoisotopic (exact) mass is 278 g/mol. The van der Waals surface area contributed by atoms with Crippen molar-refractivity contribution in [2.24, 2.45) is 0 Å². The quantitative estimate of drug-likeness (QED) is 0.728. The molecule has 0 fully saturated rings. The van der Waals surface area contributed by atoms with Gasteiger partial charge in [-0.2, -0.15) is 0 Å². The van der Waals surface area contributed by atoms with Crippen LogP contribution in [0, 0.1) is 0 Å². The van der Waals surface area contributed by atoms with Crippen LogP contribution in [-0.2, 0) is 6.54 Å². The van der Waals surface area contributed by atoms with E-state index in [-0.39, 0.29) is 0 Å². The van der Waals surface area contributed by atoms with Gasteiger partial charge in [-0.15, -0.1) is 0 Å². The highest BCUT2D eigenvalue weighted by Gasteiger charge is 2.07. The minimum absolute atomic E-state index is 0.672. The molecular formula is C17H18N4. The first kappa shape index (κ1) is 13.6. The molecule has 21 heavy (non-hydrogen) atoms. The van der Waals surface area contributed by atoms with Crippen LogP contribution < -0.4 is 5.32 Å². The summed E-state index contributed by atoms with van der Waals surface area (Å²) in [7, 11) is 0. The molecule has 0 radical (unpaired) electrons. The standard InChI is InChI=1S/C17H18N4/c1-2-8-18-10-13-11-20-17(21-12-13)16-15-6-4-3-5-14(15)7-9-19-16/h3-7,9,11-12,18H,2,8,10H2,1H3. The molecule has 0 saturated carbocycles. The van der Waals surface area contributed by atoms with Crippen LogP contribution in [0.3, 0.4) is 0 Å². The second-order valence-corrected chi connectivity index (χ2v) is 4.97. The Kier molecular flexibility index (Phi) is 4.17. The third-order valence-electron chi connectivity index (χ3n) is 3.35. The van der Waals surface area contributed by atoms with E-state index in [1.807, 2.05) is 30.6 Å². The zero-order valence-electron chi connectivity index (χ0n) is 12.1. The van der Waals surface area contributed by atoms with Gasteiger partial charge in [0.25, 0.3) is 0 Å². The van der Waals surface area contributed by atoms with Crippen molar-refractivity contribution in [1.29, 1.82) is 0 Å². The minimum atomic E-state index is 0.672. The Morgan fingerprint density at radius 2 is 1.81 bits per heavy atom. The van der Waals surface area contributed by atoms with Crippen molar-refractivity contribution in [3.05, 3.63) is 54.5 Å². The lowest BCUT2D eigenvalue weighted by atomic mass is 10.1. The zero-order chi connectivity index (χ0) is 14.5. The van der Waals surface area contributed by atoms with Gasteiger partial charge in [-0.3, -0.25) is 4.98 Å². The van der Waals surface area contributed by atoms with E-state index in [2.05, 4.69) is 39.3 Å². The Labute approximate surface area is 124 Å². The maximum atomic E-state index is 4.46. The number of nitrogens with one attached hydrogen (secondary N) is 1. The van der Waals surface area contributed by atoms with E-state index in [1.165, 1.54) is 0 Å². The van der Waals surface area contributed by atoms with Crippen LogP contribution in [0.4, 0.5) is 0 Å². The summed E-state index contributed by atoms with van der Waals surface area (Å²) >= 11 is 0. The molecule has 1 N–H and O–H groups in total. The highest BCUT2D eigenvalue weighted by molar-refractivity contribution is 5.92. The van der Waals surface area contributed by atoms with Gasteiger partial charge in [0.15, 0.2) is 5.82 Å². The Bertz CT molecular complexity index is 717. The molecule has 0 aliphatic heterocycles. The second kappa shape index (κ2) is 6.41. The van der Waals surface area contributed by atoms with Gasteiger partial charge in [0.05, 0.1) is 0 Å². The summed E-state index contributed by atoms with van der Waals surface area (Å²) in [6, 6.07) is 10.2. The number of nitrogens with zero attached hydrogens (tertiary/aromatic N) is 3. The van der Waals surface area contributed by atoms with Gasteiger partial charge in [0, 0.05) is 36.1 Å². The molecule has 0 atom stereocenters. The number of hydrogen-bond donors (Lipinski definition) is 1. The molecule has 0 bridgehead atoms. The summed E-state index contributed by atoms with van der Waals surface area (Å²) in [5.74, 6) is 0.672. The largest absolute Gasteiger partial charge is 0.313 e. The van der Waals surface area contributed by atoms with Crippen LogP contribution in [0.2, 0.25) is 0 Å². The second-order valence-electron chi connectivity index (χ2n) is 4.97. The summed E-state index contributed by atoms with van der Waals surface area (Å²) in [5, 5.41) is 5.58. The zero-order valence-corrected chi connectivity index (χ0v) is 12.1. The fourth-order valence-corrected chi connectivity index (χ4v) is 2.28. The molecule has 2 aromatic heterocycles. The van der Waals surface area contributed by atoms with E-state index >= 15 is 0 Å². The highest BCUT2D eigenvalue weighted by atomic mass is 14.9. The van der Waals surface area contributed by atoms with Crippen molar-refractivity contribution in [3.63, 3.8) is 0 Å². The first-order valence-electron chi connectivity index (χ1n) is 7.24. The van der Waals surface area contributed by atoms with Crippen molar-refractivity contribution < 1.29 is 0 Å². The number of benzene rings is 1. The topological polar surface area (TPSA) is 50.7 Å². The minimum Gasteiger partial charge on any atom is -0.313 e. The van der Waals surface area contributed by atoms with Crippen molar-refractivity contribution in [1.82, 2.24) is 20.3 Å². The summed E-state index contributed by atoms with van der Waals surface area (Å²) in [4.78, 5) is 13.4. The fraction of sp³-hybridized carbons (Fsp3) is 0.235. The average Bonchev–Trinajstić information content (AvgIpc) is 2.55. The molecule has 0 aliphatic rings. The van der Waals surface area contributed by atoms with E-state index in [0.717, 1.165) is 41.5 Å². The number of aromatic nitrogens is 3. The molecule has 4 heteroatoms. The van der Waals surface area contributed by atoms with Crippen molar-refractivity contribution in [2.75, 3.05) is 6.54 Å². The van der Waals surface area contributed by atoms with Gasteiger partial charge in [0.2, 0.25) is 0 Å². The van der Waals surface area contributed by atoms with Gasteiger partial charge < -0.3 is 5.32 Å². The molecule has 3 aromatic rings. The molecule has 0 saturated heterocycles. The fourth-order valence-electron chi connectivity index (χ4n) is 2.28. The van der Waals surface area contributed by atoms with Crippen LogP contribution in [0.15, 0.2) is 48.9 Å². The van der Waals surface area contributed by atoms with Crippen LogP contribution >= 0.6 is 0 Å².